The summed E-state index contributed by atoms with van der Waals surface area (Å²) in [5, 5.41) is 7.52. The number of nitrogens with one attached hydrogen (secondary N) is 1. The molecule has 0 fully saturated rings. The fourth-order valence-corrected chi connectivity index (χ4v) is 2.31. The van der Waals surface area contributed by atoms with E-state index < -0.39 is 15.9 Å². The van der Waals surface area contributed by atoms with Crippen molar-refractivity contribution in [3.8, 4) is 0 Å². The van der Waals surface area contributed by atoms with Crippen molar-refractivity contribution in [1.82, 2.24) is 0 Å². The molecule has 2 rings (SSSR count). The predicted octanol–water partition coefficient (Wildman–Crippen LogP) is 0.638. The summed E-state index contributed by atoms with van der Waals surface area (Å²) in [6.07, 6.45) is 0. The van der Waals surface area contributed by atoms with Crippen LogP contribution in [-0.4, -0.2) is 14.3 Å². The Morgan fingerprint density at radius 3 is 2.50 bits per heavy atom. The largest absolute Gasteiger partial charge is 0.455 e. The summed E-state index contributed by atoms with van der Waals surface area (Å²) in [5.74, 6) is -0.0923. The highest BCUT2D eigenvalue weighted by molar-refractivity contribution is 7.89. The number of hydrogen-bond donors (Lipinski definition) is 3. The topological polar surface area (TPSA) is 128 Å². The second-order valence-corrected chi connectivity index (χ2v) is 5.50. The molecule has 0 bridgehead atoms. The Morgan fingerprint density at radius 1 is 1.20 bits per heavy atom. The number of furan rings is 1. The normalized spacial score (nSPS) is 11.3. The third kappa shape index (κ3) is 3.05. The van der Waals surface area contributed by atoms with Crippen LogP contribution in [-0.2, 0) is 16.6 Å². The van der Waals surface area contributed by atoms with Crippen LogP contribution in [0, 0.1) is 0 Å². The Balaban J connectivity index is 2.29. The minimum atomic E-state index is -3.93. The minimum absolute atomic E-state index is 0.0367. The zero-order valence-electron chi connectivity index (χ0n) is 10.4. The molecule has 8 heteroatoms. The fourth-order valence-electron chi connectivity index (χ4n) is 1.61. The number of carbonyl (C=O) groups excluding carboxylic acids is 1. The van der Waals surface area contributed by atoms with Gasteiger partial charge in [-0.1, -0.05) is 12.1 Å². The van der Waals surface area contributed by atoms with Gasteiger partial charge in [0.05, 0.1) is 12.2 Å². The van der Waals surface area contributed by atoms with Gasteiger partial charge in [-0.2, -0.15) is 0 Å². The van der Waals surface area contributed by atoms with Crippen molar-refractivity contribution in [2.75, 3.05) is 5.32 Å². The van der Waals surface area contributed by atoms with Crippen LogP contribution in [0.25, 0.3) is 0 Å². The van der Waals surface area contributed by atoms with E-state index in [1.54, 1.807) is 12.1 Å². The molecule has 0 radical (unpaired) electrons. The Bertz CT molecular complexity index is 737. The maximum absolute atomic E-state index is 11.9. The lowest BCUT2D eigenvalue weighted by Gasteiger charge is -2.08. The Morgan fingerprint density at radius 2 is 1.90 bits per heavy atom. The second-order valence-electron chi connectivity index (χ2n) is 3.97. The maximum atomic E-state index is 11.9. The van der Waals surface area contributed by atoms with Crippen molar-refractivity contribution in [2.45, 2.75) is 11.4 Å². The summed E-state index contributed by atoms with van der Waals surface area (Å²) < 4.78 is 28.0. The van der Waals surface area contributed by atoms with Gasteiger partial charge in [0.25, 0.3) is 5.91 Å². The van der Waals surface area contributed by atoms with Crippen molar-refractivity contribution in [3.05, 3.63) is 47.9 Å². The van der Waals surface area contributed by atoms with E-state index in [-0.39, 0.29) is 22.9 Å². The summed E-state index contributed by atoms with van der Waals surface area (Å²) in [6, 6.07) is 8.85. The molecule has 0 atom stereocenters. The van der Waals surface area contributed by atoms with Crippen LogP contribution >= 0.6 is 0 Å². The molecule has 2 aromatic rings. The molecule has 7 nitrogen and oxygen atoms in total. The quantitative estimate of drug-likeness (QED) is 0.762. The number of carbonyl (C=O) groups is 1. The van der Waals surface area contributed by atoms with Gasteiger partial charge in [0.1, 0.15) is 10.7 Å². The van der Waals surface area contributed by atoms with Gasteiger partial charge in [0, 0.05) is 0 Å². The van der Waals surface area contributed by atoms with E-state index in [1.165, 1.54) is 24.3 Å². The molecule has 1 heterocycles. The van der Waals surface area contributed by atoms with Gasteiger partial charge in [-0.3, -0.25) is 4.79 Å². The van der Waals surface area contributed by atoms with E-state index >= 15 is 0 Å². The monoisotopic (exact) mass is 295 g/mol. The van der Waals surface area contributed by atoms with Crippen molar-refractivity contribution in [3.63, 3.8) is 0 Å². The summed E-state index contributed by atoms with van der Waals surface area (Å²) in [7, 11) is -3.93. The predicted molar refractivity (Wildman–Crippen MR) is 72.4 cm³/mol. The summed E-state index contributed by atoms with van der Waals surface area (Å²) in [6.45, 7) is 0.168. The molecule has 0 saturated carbocycles. The number of benzene rings is 1. The van der Waals surface area contributed by atoms with Crippen LogP contribution in [0.2, 0.25) is 0 Å². The second kappa shape index (κ2) is 5.45. The third-order valence-corrected chi connectivity index (χ3v) is 3.50. The lowest BCUT2D eigenvalue weighted by Crippen LogP contribution is -2.18. The van der Waals surface area contributed by atoms with E-state index in [0.29, 0.717) is 5.76 Å². The first-order valence-corrected chi connectivity index (χ1v) is 7.18. The van der Waals surface area contributed by atoms with E-state index in [4.69, 9.17) is 15.3 Å². The number of para-hydroxylation sites is 1. The van der Waals surface area contributed by atoms with Gasteiger partial charge in [-0.05, 0) is 24.3 Å². The Kier molecular flexibility index (Phi) is 3.89. The molecule has 5 N–H and O–H groups in total. The Hall–Kier alpha value is -2.16. The van der Waals surface area contributed by atoms with Gasteiger partial charge < -0.3 is 15.5 Å². The average molecular weight is 295 g/mol. The maximum Gasteiger partial charge on any atom is 0.291 e. The van der Waals surface area contributed by atoms with Crippen LogP contribution in [0.1, 0.15) is 16.3 Å². The van der Waals surface area contributed by atoms with E-state index in [0.717, 1.165) is 0 Å². The molecule has 1 aromatic heterocycles. The fraction of sp³-hybridized carbons (Fsp3) is 0.0833. The molecular weight excluding hydrogens is 282 g/mol. The average Bonchev–Trinajstić information content (AvgIpc) is 2.87. The summed E-state index contributed by atoms with van der Waals surface area (Å²) >= 11 is 0. The number of hydrogen-bond acceptors (Lipinski definition) is 5. The highest BCUT2D eigenvalue weighted by Gasteiger charge is 2.17. The lowest BCUT2D eigenvalue weighted by molar-refractivity contribution is 0.0995. The van der Waals surface area contributed by atoms with Crippen molar-refractivity contribution < 1.29 is 17.6 Å². The molecule has 0 aliphatic heterocycles. The van der Waals surface area contributed by atoms with Crippen molar-refractivity contribution in [1.29, 1.82) is 0 Å². The zero-order chi connectivity index (χ0) is 14.8. The van der Waals surface area contributed by atoms with Crippen molar-refractivity contribution in [2.24, 2.45) is 10.9 Å². The molecule has 0 aliphatic carbocycles. The minimum Gasteiger partial charge on any atom is -0.455 e. The molecule has 1 amide bonds. The van der Waals surface area contributed by atoms with Crippen LogP contribution in [0.3, 0.4) is 0 Å². The van der Waals surface area contributed by atoms with Gasteiger partial charge in [-0.15, -0.1) is 0 Å². The van der Waals surface area contributed by atoms with E-state index in [1.807, 2.05) is 0 Å². The lowest BCUT2D eigenvalue weighted by atomic mass is 10.3. The molecule has 20 heavy (non-hydrogen) atoms. The standard InChI is InChI=1S/C12H13N3O4S/c13-7-8-5-6-10(19-8)12(16)15-9-3-1-2-4-11(9)20(14,17)18/h1-6H,7,13H2,(H,15,16)(H2,14,17,18). The number of rotatable bonds is 4. The summed E-state index contributed by atoms with van der Waals surface area (Å²) in [5.41, 5.74) is 5.46. The van der Waals surface area contributed by atoms with Crippen LogP contribution in [0.5, 0.6) is 0 Å². The van der Waals surface area contributed by atoms with Gasteiger partial charge >= 0.3 is 0 Å². The molecule has 0 saturated heterocycles. The molecule has 0 spiro atoms. The van der Waals surface area contributed by atoms with Crippen LogP contribution in [0.4, 0.5) is 5.69 Å². The number of nitrogens with two attached hydrogens (primary N) is 2. The first kappa shape index (κ1) is 14.3. The van der Waals surface area contributed by atoms with E-state index in [2.05, 4.69) is 5.32 Å². The third-order valence-electron chi connectivity index (χ3n) is 2.53. The van der Waals surface area contributed by atoms with E-state index in [9.17, 15) is 13.2 Å². The highest BCUT2D eigenvalue weighted by Crippen LogP contribution is 2.20. The number of sulfonamides is 1. The molecule has 106 valence electrons. The van der Waals surface area contributed by atoms with Gasteiger partial charge in [0.2, 0.25) is 10.0 Å². The van der Waals surface area contributed by atoms with Gasteiger partial charge in [-0.25, -0.2) is 13.6 Å². The first-order valence-electron chi connectivity index (χ1n) is 5.64. The first-order chi connectivity index (χ1) is 9.41. The highest BCUT2D eigenvalue weighted by atomic mass is 32.2. The zero-order valence-corrected chi connectivity index (χ0v) is 11.2. The van der Waals surface area contributed by atoms with Gasteiger partial charge in [0.15, 0.2) is 5.76 Å². The molecule has 0 aliphatic rings. The molecule has 0 unspecified atom stereocenters. The smallest absolute Gasteiger partial charge is 0.291 e. The van der Waals surface area contributed by atoms with Crippen LogP contribution in [0.15, 0.2) is 45.7 Å². The number of amides is 1. The molecular formula is C12H13N3O4S. The SMILES string of the molecule is NCc1ccc(C(=O)Nc2ccccc2S(N)(=O)=O)o1. The number of anilines is 1. The Labute approximate surface area is 115 Å². The number of primary sulfonamides is 1. The van der Waals surface area contributed by atoms with Crippen LogP contribution < -0.4 is 16.2 Å². The van der Waals surface area contributed by atoms with Crippen molar-refractivity contribution >= 4 is 21.6 Å². The molecule has 1 aromatic carbocycles. The summed E-state index contributed by atoms with van der Waals surface area (Å²) in [4.78, 5) is 11.8.